The molecule has 82 valence electrons. The van der Waals surface area contributed by atoms with Gasteiger partial charge in [0, 0.05) is 0 Å². The summed E-state index contributed by atoms with van der Waals surface area (Å²) in [6.45, 7) is 8.09. The van der Waals surface area contributed by atoms with Crippen LogP contribution in [0, 0.1) is 0 Å². The van der Waals surface area contributed by atoms with Gasteiger partial charge in [-0.3, -0.25) is 4.55 Å². The van der Waals surface area contributed by atoms with Crippen molar-refractivity contribution in [1.29, 1.82) is 0 Å². The minimum Gasteiger partial charge on any atom is -0.317 e. The number of rotatable bonds is 5. The van der Waals surface area contributed by atoms with Crippen molar-refractivity contribution in [3.63, 3.8) is 0 Å². The van der Waals surface area contributed by atoms with Gasteiger partial charge in [0.25, 0.3) is 10.1 Å². The lowest BCUT2D eigenvalue weighted by Crippen LogP contribution is -2.14. The highest BCUT2D eigenvalue weighted by Crippen LogP contribution is 1.74. The van der Waals surface area contributed by atoms with Gasteiger partial charge in [-0.25, -0.2) is 0 Å². The molecule has 0 saturated heterocycles. The highest BCUT2D eigenvalue weighted by molar-refractivity contribution is 7.85. The van der Waals surface area contributed by atoms with Crippen molar-refractivity contribution in [2.75, 3.05) is 18.8 Å². The second kappa shape index (κ2) is 9.95. The molecule has 0 heterocycles. The van der Waals surface area contributed by atoms with E-state index in [4.69, 9.17) is 4.55 Å². The average molecular weight is 211 g/mol. The Morgan fingerprint density at radius 2 is 1.38 bits per heavy atom. The van der Waals surface area contributed by atoms with Crippen LogP contribution < -0.4 is 5.32 Å². The van der Waals surface area contributed by atoms with Gasteiger partial charge in [0.2, 0.25) is 0 Å². The summed E-state index contributed by atoms with van der Waals surface area (Å²) in [6.07, 6.45) is 2.50. The third kappa shape index (κ3) is 24.5. The number of nitrogens with one attached hydrogen (secondary N) is 1. The van der Waals surface area contributed by atoms with E-state index in [1.807, 2.05) is 0 Å². The molecule has 0 spiro atoms. The normalized spacial score (nSPS) is 10.5. The van der Waals surface area contributed by atoms with Crippen LogP contribution in [-0.2, 0) is 10.1 Å². The molecule has 0 aromatic rings. The van der Waals surface area contributed by atoms with E-state index in [-0.39, 0.29) is 5.75 Å². The molecule has 0 radical (unpaired) electrons. The monoisotopic (exact) mass is 211 g/mol. The molecule has 0 aliphatic rings. The van der Waals surface area contributed by atoms with Crippen LogP contribution in [0.3, 0.4) is 0 Å². The Morgan fingerprint density at radius 3 is 1.54 bits per heavy atom. The van der Waals surface area contributed by atoms with Crippen LogP contribution in [0.15, 0.2) is 0 Å². The van der Waals surface area contributed by atoms with E-state index in [1.54, 1.807) is 0 Å². The van der Waals surface area contributed by atoms with E-state index in [2.05, 4.69) is 19.2 Å². The fourth-order valence-electron chi connectivity index (χ4n) is 0.479. The topological polar surface area (TPSA) is 66.4 Å². The van der Waals surface area contributed by atoms with Gasteiger partial charge in [-0.15, -0.1) is 0 Å². The first kappa shape index (κ1) is 15.3. The first-order valence-corrected chi connectivity index (χ1v) is 6.24. The zero-order valence-corrected chi connectivity index (χ0v) is 9.52. The number of hydrogen-bond acceptors (Lipinski definition) is 3. The van der Waals surface area contributed by atoms with Crippen molar-refractivity contribution in [3.8, 4) is 0 Å². The lowest BCUT2D eigenvalue weighted by molar-refractivity contribution is 0.484. The average Bonchev–Trinajstić information content (AvgIpc) is 2.06. The second-order valence-electron chi connectivity index (χ2n) is 2.62. The Labute approximate surface area is 81.5 Å². The van der Waals surface area contributed by atoms with Gasteiger partial charge in [-0.05, 0) is 32.9 Å². The van der Waals surface area contributed by atoms with Gasteiger partial charge in [-0.1, -0.05) is 13.8 Å². The van der Waals surface area contributed by atoms with Gasteiger partial charge in [0.05, 0.1) is 5.75 Å². The van der Waals surface area contributed by atoms with E-state index < -0.39 is 10.1 Å². The van der Waals surface area contributed by atoms with Gasteiger partial charge < -0.3 is 5.32 Å². The Balaban J connectivity index is 0. The molecule has 0 fully saturated rings. The summed E-state index contributed by atoms with van der Waals surface area (Å²) < 4.78 is 26.9. The van der Waals surface area contributed by atoms with E-state index in [0.717, 1.165) is 0 Å². The van der Waals surface area contributed by atoms with Crippen LogP contribution in [0.4, 0.5) is 0 Å². The molecule has 0 bridgehead atoms. The fraction of sp³-hybridized carbons (Fsp3) is 1.00. The molecule has 0 aromatic heterocycles. The molecule has 0 aliphatic heterocycles. The molecule has 4 nitrogen and oxygen atoms in total. The van der Waals surface area contributed by atoms with Crippen LogP contribution in [0.1, 0.15) is 33.6 Å². The summed E-state index contributed by atoms with van der Waals surface area (Å²) in [5, 5.41) is 3.28. The first-order chi connectivity index (χ1) is 5.97. The first-order valence-electron chi connectivity index (χ1n) is 4.63. The van der Waals surface area contributed by atoms with E-state index in [9.17, 15) is 8.42 Å². The summed E-state index contributed by atoms with van der Waals surface area (Å²) >= 11 is 0. The van der Waals surface area contributed by atoms with Crippen molar-refractivity contribution in [2.24, 2.45) is 0 Å². The van der Waals surface area contributed by atoms with Crippen LogP contribution in [-0.4, -0.2) is 31.8 Å². The lowest BCUT2D eigenvalue weighted by Gasteiger charge is -1.95. The van der Waals surface area contributed by atoms with E-state index >= 15 is 0 Å². The lowest BCUT2D eigenvalue weighted by atomic mass is 10.4. The maximum atomic E-state index is 9.56. The van der Waals surface area contributed by atoms with E-state index in [1.165, 1.54) is 32.9 Å². The van der Waals surface area contributed by atoms with Crippen LogP contribution in [0.2, 0.25) is 0 Å². The summed E-state index contributed by atoms with van der Waals surface area (Å²) in [7, 11) is -3.66. The standard InChI is InChI=1S/C6H15N.C2H6O3S/c1-3-5-7-6-4-2;1-2-6(3,4)5/h7H,3-6H2,1-2H3;2H2,1H3,(H,3,4,5). The predicted octanol–water partition coefficient (Wildman–Crippen LogP) is 1.29. The molecular weight excluding hydrogens is 190 g/mol. The molecular formula is C8H21NO3S. The molecule has 0 aliphatic carbocycles. The highest BCUT2D eigenvalue weighted by Gasteiger charge is 1.93. The van der Waals surface area contributed by atoms with Crippen molar-refractivity contribution >= 4 is 10.1 Å². The maximum Gasteiger partial charge on any atom is 0.264 e. The summed E-state index contributed by atoms with van der Waals surface area (Å²) in [4.78, 5) is 0. The van der Waals surface area contributed by atoms with Crippen LogP contribution >= 0.6 is 0 Å². The molecule has 0 aromatic carbocycles. The molecule has 0 unspecified atom stereocenters. The number of hydrogen-bond donors (Lipinski definition) is 2. The van der Waals surface area contributed by atoms with Crippen molar-refractivity contribution in [1.82, 2.24) is 5.32 Å². The zero-order valence-electron chi connectivity index (χ0n) is 8.71. The van der Waals surface area contributed by atoms with Gasteiger partial charge in [-0.2, -0.15) is 8.42 Å². The Bertz CT molecular complexity index is 174. The molecule has 0 rings (SSSR count). The summed E-state index contributed by atoms with van der Waals surface area (Å²) in [5.74, 6) is -0.201. The minimum atomic E-state index is -3.66. The second-order valence-corrected chi connectivity index (χ2v) is 4.36. The summed E-state index contributed by atoms with van der Waals surface area (Å²) in [5.41, 5.74) is 0. The fourth-order valence-corrected chi connectivity index (χ4v) is 0.479. The van der Waals surface area contributed by atoms with Crippen molar-refractivity contribution in [3.05, 3.63) is 0 Å². The van der Waals surface area contributed by atoms with E-state index in [0.29, 0.717) is 0 Å². The predicted molar refractivity (Wildman–Crippen MR) is 55.5 cm³/mol. The molecule has 0 amide bonds. The molecule has 2 N–H and O–H groups in total. The smallest absolute Gasteiger partial charge is 0.264 e. The Hall–Kier alpha value is -0.130. The highest BCUT2D eigenvalue weighted by atomic mass is 32.2. The van der Waals surface area contributed by atoms with Gasteiger partial charge >= 0.3 is 0 Å². The molecule has 5 heteroatoms. The zero-order chi connectivity index (χ0) is 10.7. The third-order valence-electron chi connectivity index (χ3n) is 1.22. The molecule has 0 atom stereocenters. The van der Waals surface area contributed by atoms with Crippen molar-refractivity contribution in [2.45, 2.75) is 33.6 Å². The largest absolute Gasteiger partial charge is 0.317 e. The van der Waals surface area contributed by atoms with Crippen LogP contribution in [0.5, 0.6) is 0 Å². The van der Waals surface area contributed by atoms with Crippen molar-refractivity contribution < 1.29 is 13.0 Å². The summed E-state index contributed by atoms with van der Waals surface area (Å²) in [6, 6.07) is 0. The molecule has 0 saturated carbocycles. The quantitative estimate of drug-likeness (QED) is 0.531. The Morgan fingerprint density at radius 1 is 1.08 bits per heavy atom. The molecule has 13 heavy (non-hydrogen) atoms. The van der Waals surface area contributed by atoms with Gasteiger partial charge in [0.15, 0.2) is 0 Å². The maximum absolute atomic E-state index is 9.56. The minimum absolute atomic E-state index is 0.201. The Kier molecular flexibility index (Phi) is 11.8. The van der Waals surface area contributed by atoms with Gasteiger partial charge in [0.1, 0.15) is 0 Å². The van der Waals surface area contributed by atoms with Crippen LogP contribution in [0.25, 0.3) is 0 Å². The SMILES string of the molecule is CCCNCCC.CCS(=O)(=O)O. The third-order valence-corrected chi connectivity index (χ3v) is 1.95.